The van der Waals surface area contributed by atoms with Crippen molar-refractivity contribution >= 4 is 23.2 Å². The summed E-state index contributed by atoms with van der Waals surface area (Å²) < 4.78 is 16.5. The molecule has 36 heavy (non-hydrogen) atoms. The van der Waals surface area contributed by atoms with E-state index in [9.17, 15) is 9.59 Å². The van der Waals surface area contributed by atoms with Gasteiger partial charge in [-0.15, -0.1) is 0 Å². The Morgan fingerprint density at radius 3 is 2.36 bits per heavy atom. The van der Waals surface area contributed by atoms with Crippen LogP contribution in [0, 0.1) is 0 Å². The molecule has 1 fully saturated rings. The van der Waals surface area contributed by atoms with Gasteiger partial charge in [0.1, 0.15) is 19.0 Å². The van der Waals surface area contributed by atoms with Gasteiger partial charge in [0.05, 0.1) is 13.7 Å². The molecule has 2 heterocycles. The van der Waals surface area contributed by atoms with E-state index in [0.29, 0.717) is 36.7 Å². The number of carbonyl (C=O) groups is 2. The summed E-state index contributed by atoms with van der Waals surface area (Å²) in [6.45, 7) is 2.27. The zero-order chi connectivity index (χ0) is 24.9. The van der Waals surface area contributed by atoms with Crippen LogP contribution in [0.3, 0.4) is 0 Å². The minimum atomic E-state index is -0.225. The SMILES string of the molecule is COc1ccc(NC(=O)c2ccc(NC(=O)CN3CCC[C@H]3c3ccc4c(c3)OCCO4)cc2)cc1. The third kappa shape index (κ3) is 5.44. The van der Waals surface area contributed by atoms with E-state index in [0.717, 1.165) is 42.2 Å². The number of amides is 2. The molecule has 0 unspecified atom stereocenters. The molecule has 0 aromatic heterocycles. The van der Waals surface area contributed by atoms with Crippen LogP contribution in [0.1, 0.15) is 34.8 Å². The second-order valence-electron chi connectivity index (χ2n) is 8.84. The standard InChI is InChI=1S/C28H29N3O5/c1-34-23-11-9-22(10-12-23)30-28(33)19-4-7-21(8-5-19)29-27(32)18-31-14-2-3-24(31)20-6-13-25-26(17-20)36-16-15-35-25/h4-13,17,24H,2-3,14-16,18H2,1H3,(H,29,32)(H,30,33)/t24-/m0/s1. The summed E-state index contributed by atoms with van der Waals surface area (Å²) >= 11 is 0. The molecule has 3 aromatic carbocycles. The highest BCUT2D eigenvalue weighted by Crippen LogP contribution is 2.38. The lowest BCUT2D eigenvalue weighted by atomic mass is 10.0. The Hall–Kier alpha value is -4.04. The van der Waals surface area contributed by atoms with E-state index in [1.165, 1.54) is 0 Å². The summed E-state index contributed by atoms with van der Waals surface area (Å²) in [6, 6.07) is 20.2. The smallest absolute Gasteiger partial charge is 0.255 e. The number of anilines is 2. The second kappa shape index (κ2) is 10.7. The van der Waals surface area contributed by atoms with Crippen molar-refractivity contribution in [2.45, 2.75) is 18.9 Å². The van der Waals surface area contributed by atoms with Crippen molar-refractivity contribution in [2.24, 2.45) is 0 Å². The third-order valence-corrected chi connectivity index (χ3v) is 6.44. The van der Waals surface area contributed by atoms with Crippen LogP contribution < -0.4 is 24.8 Å². The molecule has 0 bridgehead atoms. The number of hydrogen-bond acceptors (Lipinski definition) is 6. The molecular weight excluding hydrogens is 458 g/mol. The number of methoxy groups -OCH3 is 1. The summed E-state index contributed by atoms with van der Waals surface area (Å²) in [5, 5.41) is 5.80. The topological polar surface area (TPSA) is 89.1 Å². The minimum absolute atomic E-state index is 0.0881. The maximum atomic E-state index is 12.8. The summed E-state index contributed by atoms with van der Waals surface area (Å²) in [4.78, 5) is 27.5. The zero-order valence-electron chi connectivity index (χ0n) is 20.2. The van der Waals surface area contributed by atoms with Crippen LogP contribution in [0.4, 0.5) is 11.4 Å². The summed E-state index contributed by atoms with van der Waals surface area (Å²) in [7, 11) is 1.59. The Bertz CT molecular complexity index is 1230. The molecule has 186 valence electrons. The second-order valence-corrected chi connectivity index (χ2v) is 8.84. The van der Waals surface area contributed by atoms with Crippen LogP contribution in [0.15, 0.2) is 66.7 Å². The molecule has 3 aromatic rings. The molecule has 1 saturated heterocycles. The van der Waals surface area contributed by atoms with E-state index in [4.69, 9.17) is 14.2 Å². The fourth-order valence-corrected chi connectivity index (χ4v) is 4.63. The zero-order valence-corrected chi connectivity index (χ0v) is 20.2. The van der Waals surface area contributed by atoms with Crippen LogP contribution >= 0.6 is 0 Å². The van der Waals surface area contributed by atoms with Gasteiger partial charge < -0.3 is 24.8 Å². The number of ether oxygens (including phenoxy) is 3. The average molecular weight is 488 g/mol. The maximum absolute atomic E-state index is 12.8. The fraction of sp³-hybridized carbons (Fsp3) is 0.286. The van der Waals surface area contributed by atoms with Crippen molar-refractivity contribution in [3.05, 3.63) is 77.9 Å². The lowest BCUT2D eigenvalue weighted by Crippen LogP contribution is -2.33. The largest absolute Gasteiger partial charge is 0.497 e. The summed E-state index contributed by atoms with van der Waals surface area (Å²) in [5.74, 6) is 1.95. The molecule has 1 atom stereocenters. The van der Waals surface area contributed by atoms with Crippen molar-refractivity contribution in [3.63, 3.8) is 0 Å². The van der Waals surface area contributed by atoms with Crippen molar-refractivity contribution < 1.29 is 23.8 Å². The highest BCUT2D eigenvalue weighted by atomic mass is 16.6. The van der Waals surface area contributed by atoms with Crippen LogP contribution in [0.25, 0.3) is 0 Å². The minimum Gasteiger partial charge on any atom is -0.497 e. The molecule has 0 spiro atoms. The summed E-state index contributed by atoms with van der Waals surface area (Å²) in [6.07, 6.45) is 2.02. The third-order valence-electron chi connectivity index (χ3n) is 6.44. The number of rotatable bonds is 7. The lowest BCUT2D eigenvalue weighted by Gasteiger charge is -2.26. The van der Waals surface area contributed by atoms with Crippen LogP contribution in [0.5, 0.6) is 17.2 Å². The number of hydrogen-bond donors (Lipinski definition) is 2. The van der Waals surface area contributed by atoms with Crippen LogP contribution in [-0.2, 0) is 4.79 Å². The van der Waals surface area contributed by atoms with E-state index in [1.807, 2.05) is 12.1 Å². The molecule has 2 N–H and O–H groups in total. The van der Waals surface area contributed by atoms with Gasteiger partial charge in [0.2, 0.25) is 5.91 Å². The fourth-order valence-electron chi connectivity index (χ4n) is 4.63. The first-order chi connectivity index (χ1) is 17.6. The Morgan fingerprint density at radius 1 is 0.917 bits per heavy atom. The van der Waals surface area contributed by atoms with E-state index in [2.05, 4.69) is 21.6 Å². The maximum Gasteiger partial charge on any atom is 0.255 e. The van der Waals surface area contributed by atoms with Gasteiger partial charge in [-0.3, -0.25) is 14.5 Å². The van der Waals surface area contributed by atoms with Crippen molar-refractivity contribution in [3.8, 4) is 17.2 Å². The Morgan fingerprint density at radius 2 is 1.61 bits per heavy atom. The Labute approximate surface area is 210 Å². The first-order valence-corrected chi connectivity index (χ1v) is 12.1. The van der Waals surface area contributed by atoms with Crippen LogP contribution in [-0.4, -0.2) is 50.1 Å². The molecule has 5 rings (SSSR count). The number of fused-ring (bicyclic) bond motifs is 1. The van der Waals surface area contributed by atoms with E-state index in [-0.39, 0.29) is 17.9 Å². The molecule has 2 amide bonds. The van der Waals surface area contributed by atoms with Crippen molar-refractivity contribution in [1.29, 1.82) is 0 Å². The Balaban J connectivity index is 1.16. The van der Waals surface area contributed by atoms with E-state index in [1.54, 1.807) is 55.6 Å². The molecule has 0 saturated carbocycles. The Kier molecular flexibility index (Phi) is 7.04. The average Bonchev–Trinajstić information content (AvgIpc) is 3.37. The highest BCUT2D eigenvalue weighted by Gasteiger charge is 2.28. The van der Waals surface area contributed by atoms with E-state index < -0.39 is 0 Å². The summed E-state index contributed by atoms with van der Waals surface area (Å²) in [5.41, 5.74) is 2.96. The number of nitrogens with one attached hydrogen (secondary N) is 2. The van der Waals surface area contributed by atoms with Gasteiger partial charge in [-0.25, -0.2) is 0 Å². The van der Waals surface area contributed by atoms with Gasteiger partial charge in [0.25, 0.3) is 5.91 Å². The molecule has 8 nitrogen and oxygen atoms in total. The molecular formula is C28H29N3O5. The number of likely N-dealkylation sites (tertiary alicyclic amines) is 1. The molecule has 0 aliphatic carbocycles. The lowest BCUT2D eigenvalue weighted by molar-refractivity contribution is -0.117. The predicted molar refractivity (Wildman–Crippen MR) is 137 cm³/mol. The van der Waals surface area contributed by atoms with Crippen LogP contribution in [0.2, 0.25) is 0 Å². The van der Waals surface area contributed by atoms with Crippen molar-refractivity contribution in [1.82, 2.24) is 4.90 Å². The molecule has 0 radical (unpaired) electrons. The van der Waals surface area contributed by atoms with Gasteiger partial charge in [-0.05, 0) is 85.6 Å². The predicted octanol–water partition coefficient (Wildman–Crippen LogP) is 4.49. The van der Waals surface area contributed by atoms with Gasteiger partial charge in [-0.1, -0.05) is 6.07 Å². The first kappa shape index (κ1) is 23.7. The van der Waals surface area contributed by atoms with Gasteiger partial charge in [-0.2, -0.15) is 0 Å². The molecule has 2 aliphatic rings. The normalized spacial score (nSPS) is 16.9. The van der Waals surface area contributed by atoms with Gasteiger partial charge >= 0.3 is 0 Å². The van der Waals surface area contributed by atoms with Crippen molar-refractivity contribution in [2.75, 3.05) is 44.0 Å². The van der Waals surface area contributed by atoms with Gasteiger partial charge in [0.15, 0.2) is 11.5 Å². The quantitative estimate of drug-likeness (QED) is 0.510. The highest BCUT2D eigenvalue weighted by molar-refractivity contribution is 6.04. The van der Waals surface area contributed by atoms with E-state index >= 15 is 0 Å². The number of carbonyl (C=O) groups excluding carboxylic acids is 2. The first-order valence-electron chi connectivity index (χ1n) is 12.1. The van der Waals surface area contributed by atoms with Gasteiger partial charge in [0, 0.05) is 23.0 Å². The molecule has 2 aliphatic heterocycles. The number of nitrogens with zero attached hydrogens (tertiary/aromatic N) is 1. The monoisotopic (exact) mass is 487 g/mol. The number of benzene rings is 3. The molecule has 8 heteroatoms.